The minimum absolute atomic E-state index is 0.186. The zero-order valence-corrected chi connectivity index (χ0v) is 39.8. The summed E-state index contributed by atoms with van der Waals surface area (Å²) < 4.78 is 1.36. The molecule has 0 spiro atoms. The third-order valence-electron chi connectivity index (χ3n) is 13.1. The van der Waals surface area contributed by atoms with E-state index in [-0.39, 0.29) is 11.1 Å². The first-order valence-corrected chi connectivity index (χ1v) is 22.9. The van der Waals surface area contributed by atoms with Gasteiger partial charge in [0.2, 0.25) is 17.2 Å². The Morgan fingerprint density at radius 1 is 0.260 bits per heavy atom. The molecule has 0 aliphatic carbocycles. The molecule has 0 aliphatic rings. The molecule has 10 rings (SSSR count). The second-order valence-corrected chi connectivity index (χ2v) is 18.3. The molecule has 10 aromatic rings. The van der Waals surface area contributed by atoms with Gasteiger partial charge in [-0.25, -0.2) is 15.0 Å². The fourth-order valence-electron chi connectivity index (χ4n) is 9.23. The van der Waals surface area contributed by atoms with Gasteiger partial charge in [-0.1, -0.05) is 88.6 Å². The maximum atomic E-state index is 12.5. The third-order valence-corrected chi connectivity index (χ3v) is 14.4. The molecule has 77 heavy (non-hydrogen) atoms. The van der Waals surface area contributed by atoms with Crippen LogP contribution in [0.25, 0.3) is 98.8 Å². The molecule has 16 radical (unpaired) electrons. The predicted octanol–water partition coefficient (Wildman–Crippen LogP) is 0.137. The van der Waals surface area contributed by atoms with Crippen LogP contribution in [-0.2, 0) is 0 Å². The van der Waals surface area contributed by atoms with Gasteiger partial charge in [-0.2, -0.15) is 0 Å². The number of phenols is 14. The van der Waals surface area contributed by atoms with E-state index < -0.39 is 181 Å². The number of benzene rings is 8. The van der Waals surface area contributed by atoms with Crippen molar-refractivity contribution in [2.45, 2.75) is 0 Å². The van der Waals surface area contributed by atoms with E-state index in [2.05, 4.69) is 15.0 Å². The Bertz CT molecular complexity index is 4010. The number of hydrogen-bond donors (Lipinski definition) is 14. The average Bonchev–Trinajstić information content (AvgIpc) is 3.94. The topological polar surface area (TPSA) is 322 Å². The lowest BCUT2D eigenvalue weighted by Gasteiger charge is -2.24. The Hall–Kier alpha value is -9.29. The van der Waals surface area contributed by atoms with Crippen molar-refractivity contribution in [3.05, 3.63) is 66.7 Å². The van der Waals surface area contributed by atoms with Crippen LogP contribution in [0.2, 0.25) is 0 Å². The van der Waals surface area contributed by atoms with Crippen LogP contribution in [-0.4, -0.2) is 149 Å². The number of fused-ring (bicyclic) bond motifs is 3. The lowest BCUT2D eigenvalue weighted by atomic mass is 9.68. The van der Waals surface area contributed by atoms with Crippen molar-refractivity contribution in [3.8, 4) is 159 Å². The monoisotopic (exact) mass is 1020 g/mol. The summed E-state index contributed by atoms with van der Waals surface area (Å²) in [7, 11) is 50.6. The van der Waals surface area contributed by atoms with Crippen LogP contribution in [0.5, 0.6) is 80.5 Å². The smallest absolute Gasteiger partial charge is 0.208 e. The minimum atomic E-state index is -1.36. The van der Waals surface area contributed by atoms with Gasteiger partial charge in [0, 0.05) is 31.3 Å². The lowest BCUT2D eigenvalue weighted by Crippen LogP contribution is -2.35. The van der Waals surface area contributed by atoms with Crippen molar-refractivity contribution in [2.75, 3.05) is 0 Å². The number of aromatic hydroxyl groups is 14. The highest BCUT2D eigenvalue weighted by Gasteiger charge is 2.34. The zero-order chi connectivity index (χ0) is 55.7. The van der Waals surface area contributed by atoms with Gasteiger partial charge in [0.05, 0.1) is 16.7 Å². The normalized spacial score (nSPS) is 11.5. The fourth-order valence-corrected chi connectivity index (χ4v) is 10.6. The first-order valence-electron chi connectivity index (χ1n) is 22.1. The maximum absolute atomic E-state index is 12.5. The zero-order valence-electron chi connectivity index (χ0n) is 39.0. The molecule has 0 aliphatic heterocycles. The second kappa shape index (κ2) is 18.2. The first-order chi connectivity index (χ1) is 36.4. The fraction of sp³-hybridized carbons (Fsp3) is 0. The molecule has 2 aromatic heterocycles. The average molecular weight is 1020 g/mol. The highest BCUT2D eigenvalue weighted by atomic mass is 32.1. The molecular weight excluding hydrogens is 997 g/mol. The second-order valence-electron chi connectivity index (χ2n) is 17.3. The highest BCUT2D eigenvalue weighted by Crippen LogP contribution is 2.55. The summed E-state index contributed by atoms with van der Waals surface area (Å²) in [4.78, 5) is 13.1. The van der Waals surface area contributed by atoms with Crippen LogP contribution in [0.1, 0.15) is 0 Å². The van der Waals surface area contributed by atoms with E-state index >= 15 is 0 Å². The van der Waals surface area contributed by atoms with Crippen LogP contribution in [0.3, 0.4) is 0 Å². The highest BCUT2D eigenvalue weighted by molar-refractivity contribution is 7.27. The largest absolute Gasteiger partial charge is 0.508 e. The van der Waals surface area contributed by atoms with Gasteiger partial charge < -0.3 is 71.5 Å². The summed E-state index contributed by atoms with van der Waals surface area (Å²) >= 11 is 1.31. The quantitative estimate of drug-likeness (QED) is 0.0574. The summed E-state index contributed by atoms with van der Waals surface area (Å²) in [6, 6.07) is 20.2. The molecule has 0 saturated heterocycles. The number of nitrogens with zero attached hydrogens (tertiary/aromatic N) is 3. The number of rotatable bonds is 7. The molecule has 2 heterocycles. The Morgan fingerprint density at radius 3 is 1.18 bits per heavy atom. The summed E-state index contributed by atoms with van der Waals surface area (Å²) in [5.41, 5.74) is -9.88. The van der Waals surface area contributed by atoms with Crippen molar-refractivity contribution in [2.24, 2.45) is 0 Å². The van der Waals surface area contributed by atoms with Crippen molar-refractivity contribution < 1.29 is 71.5 Å². The lowest BCUT2D eigenvalue weighted by molar-refractivity contribution is 0.330. The Kier molecular flexibility index (Phi) is 12.1. The molecule has 8 aromatic carbocycles. The molecule has 0 bridgehead atoms. The number of thiophene rings is 1. The van der Waals surface area contributed by atoms with Crippen LogP contribution in [0, 0.1) is 0 Å². The van der Waals surface area contributed by atoms with Crippen molar-refractivity contribution >= 4 is 138 Å². The van der Waals surface area contributed by atoms with Gasteiger partial charge in [0.15, 0.2) is 46.2 Å². The maximum Gasteiger partial charge on any atom is 0.208 e. The van der Waals surface area contributed by atoms with Gasteiger partial charge in [-0.15, -0.1) is 11.3 Å². The van der Waals surface area contributed by atoms with Crippen LogP contribution in [0.15, 0.2) is 66.7 Å². The van der Waals surface area contributed by atoms with Gasteiger partial charge in [0.25, 0.3) is 0 Å². The molecule has 0 amide bonds. The van der Waals surface area contributed by atoms with E-state index in [4.69, 9.17) is 62.8 Å². The molecule has 14 N–H and O–H groups in total. The Balaban J connectivity index is 1.28. The molecule has 17 nitrogen and oxygen atoms in total. The van der Waals surface area contributed by atoms with E-state index in [0.29, 0.717) is 10.1 Å². The van der Waals surface area contributed by atoms with E-state index in [1.165, 1.54) is 11.3 Å². The minimum Gasteiger partial charge on any atom is -0.508 e. The predicted molar refractivity (Wildman–Crippen MR) is 297 cm³/mol. The third kappa shape index (κ3) is 7.37. The van der Waals surface area contributed by atoms with Gasteiger partial charge in [0.1, 0.15) is 108 Å². The summed E-state index contributed by atoms with van der Waals surface area (Å²) in [5.74, 6) is -18.9. The van der Waals surface area contributed by atoms with Crippen molar-refractivity contribution in [1.29, 1.82) is 0 Å². The van der Waals surface area contributed by atoms with E-state index in [1.54, 1.807) is 12.1 Å². The summed E-state index contributed by atoms with van der Waals surface area (Å²) in [6.07, 6.45) is 0. The van der Waals surface area contributed by atoms with Crippen molar-refractivity contribution in [1.82, 2.24) is 15.0 Å². The van der Waals surface area contributed by atoms with E-state index in [9.17, 15) is 71.5 Å². The molecule has 0 atom stereocenters. The summed E-state index contributed by atoms with van der Waals surface area (Å²) in [6.45, 7) is 0. The van der Waals surface area contributed by atoms with Crippen molar-refractivity contribution in [3.63, 3.8) is 0 Å². The molecule has 0 fully saturated rings. The molecular formula is C51H25B8N3O14S. The first kappa shape index (κ1) is 51.2. The van der Waals surface area contributed by atoms with Crippen LogP contribution < -0.4 is 43.7 Å². The molecule has 0 unspecified atom stereocenters. The Labute approximate surface area is 448 Å². The number of hydrogen-bond acceptors (Lipinski definition) is 18. The van der Waals surface area contributed by atoms with E-state index in [0.717, 1.165) is 21.2 Å². The standard InChI is InChI=1S/C51H25B8N3O14S/c52-25-19(21-40(70)44(74)46(76)45(75)41(21)71)30(57)35(65)22(27(25)54)49-60-50(62-51(61-49)24-36(66)28(55)18(29(56)37(24)67)20-26(53)31(58)42(72)43(73)39(20)69)23-33(63)17(34(64)32(59)38(23)68)16-11-5-10-15-14-9-4-8-13(47(14)77-48(15)16)12-6-2-1-3-7-12/h1-11,63-76H. The summed E-state index contributed by atoms with van der Waals surface area (Å²) in [5, 5.41) is 158. The van der Waals surface area contributed by atoms with Gasteiger partial charge in [-0.05, 0) is 44.1 Å². The van der Waals surface area contributed by atoms with Crippen LogP contribution >= 0.6 is 11.3 Å². The molecule has 26 heteroatoms. The molecule has 0 saturated carbocycles. The van der Waals surface area contributed by atoms with Gasteiger partial charge in [-0.3, -0.25) is 0 Å². The SMILES string of the molecule is [B]c1c([B])c(-c2c([B])c(O)c(-c3nc(-c4c([B])c([B])c(-c5c(O)c(O)c(O)c(O)c5O)c([B])c4O)nc(-c4c(O)c([B])c(O)c(-c5cccc6c5sc5c(-c7ccccc7)cccc56)c4O)n3)c(O)c2[B])c(O)c(O)c1O. The van der Waals surface area contributed by atoms with Crippen LogP contribution in [0.4, 0.5) is 0 Å². The number of phenolic OH excluding ortho intramolecular Hbond substituents is 14. The van der Waals surface area contributed by atoms with E-state index in [1.807, 2.05) is 54.6 Å². The van der Waals surface area contributed by atoms with Gasteiger partial charge >= 0.3 is 0 Å². The molecule has 358 valence electrons. The number of aromatic nitrogens is 3. The Morgan fingerprint density at radius 2 is 0.636 bits per heavy atom.